The molecule has 4 rings (SSSR count). The van der Waals surface area contributed by atoms with E-state index in [0.29, 0.717) is 17.1 Å². The summed E-state index contributed by atoms with van der Waals surface area (Å²) in [6.45, 7) is 8.60. The van der Waals surface area contributed by atoms with Crippen molar-refractivity contribution in [3.05, 3.63) is 22.3 Å². The first-order valence-corrected chi connectivity index (χ1v) is 9.19. The lowest BCUT2D eigenvalue weighted by Crippen LogP contribution is -2.53. The first-order valence-electron chi connectivity index (χ1n) is 9.19. The van der Waals surface area contributed by atoms with Crippen molar-refractivity contribution in [3.63, 3.8) is 0 Å². The van der Waals surface area contributed by atoms with Crippen LogP contribution in [0.25, 0.3) is 0 Å². The second-order valence-corrected chi connectivity index (χ2v) is 9.04. The van der Waals surface area contributed by atoms with Gasteiger partial charge in [-0.1, -0.05) is 27.2 Å². The van der Waals surface area contributed by atoms with Crippen molar-refractivity contribution in [1.82, 2.24) is 0 Å². The predicted octanol–water partition coefficient (Wildman–Crippen LogP) is 2.89. The third-order valence-corrected chi connectivity index (χ3v) is 7.38. The molecule has 4 nitrogen and oxygen atoms in total. The number of hydrogen-bond donors (Lipinski definition) is 2. The third-order valence-electron chi connectivity index (χ3n) is 7.38. The highest BCUT2D eigenvalue weighted by Gasteiger charge is 2.57. The normalized spacial score (nSPS) is 44.0. The van der Waals surface area contributed by atoms with Gasteiger partial charge in [-0.25, -0.2) is 4.79 Å². The summed E-state index contributed by atoms with van der Waals surface area (Å²) < 4.78 is 5.43. The molecule has 0 radical (unpaired) electrons. The minimum absolute atomic E-state index is 0.121. The Bertz CT molecular complexity index is 671. The second-order valence-electron chi connectivity index (χ2n) is 9.04. The molecular weight excluding hydrogens is 304 g/mol. The molecule has 0 aromatic carbocycles. The molecule has 4 aliphatic rings. The van der Waals surface area contributed by atoms with Crippen molar-refractivity contribution in [2.75, 3.05) is 0 Å². The standard InChI is InChI=1S/C20H28O4/c1-10-13-15(21)11-6-7-12-19(2,3)8-5-9-20(12,4)14(11)16(22)17(13)24-18(10)23/h12,15-17,21-22H,5-9H2,1-4H3/t12-,15+,16-,17?,20-/m1/s1. The summed E-state index contributed by atoms with van der Waals surface area (Å²) in [6.07, 6.45) is 2.91. The van der Waals surface area contributed by atoms with Crippen molar-refractivity contribution in [2.24, 2.45) is 16.7 Å². The lowest BCUT2D eigenvalue weighted by atomic mass is 9.48. The van der Waals surface area contributed by atoms with Gasteiger partial charge in [0.05, 0.1) is 0 Å². The highest BCUT2D eigenvalue weighted by atomic mass is 16.6. The van der Waals surface area contributed by atoms with Gasteiger partial charge in [-0.3, -0.25) is 0 Å². The molecule has 5 atom stereocenters. The van der Waals surface area contributed by atoms with Gasteiger partial charge in [-0.15, -0.1) is 0 Å². The molecule has 4 heteroatoms. The zero-order valence-electron chi connectivity index (χ0n) is 15.1. The Morgan fingerprint density at radius 1 is 1.17 bits per heavy atom. The van der Waals surface area contributed by atoms with E-state index in [4.69, 9.17) is 4.74 Å². The van der Waals surface area contributed by atoms with Gasteiger partial charge in [0.1, 0.15) is 12.2 Å². The van der Waals surface area contributed by atoms with Gasteiger partial charge >= 0.3 is 5.97 Å². The molecule has 0 aromatic rings. The van der Waals surface area contributed by atoms with E-state index >= 15 is 0 Å². The molecule has 1 fully saturated rings. The predicted molar refractivity (Wildman–Crippen MR) is 90.1 cm³/mol. The Morgan fingerprint density at radius 2 is 1.88 bits per heavy atom. The summed E-state index contributed by atoms with van der Waals surface area (Å²) in [6, 6.07) is 0. The number of esters is 1. The molecular formula is C20H28O4. The number of hydrogen-bond acceptors (Lipinski definition) is 4. The third kappa shape index (κ3) is 1.90. The molecule has 1 aliphatic heterocycles. The Balaban J connectivity index is 1.86. The van der Waals surface area contributed by atoms with Gasteiger partial charge in [-0.05, 0) is 60.5 Å². The molecule has 1 heterocycles. The average Bonchev–Trinajstić information content (AvgIpc) is 2.79. The molecule has 0 aromatic heterocycles. The number of fused-ring (bicyclic) bond motifs is 3. The fourth-order valence-electron chi connectivity index (χ4n) is 6.30. The summed E-state index contributed by atoms with van der Waals surface area (Å²) in [4.78, 5) is 12.0. The summed E-state index contributed by atoms with van der Waals surface area (Å²) in [5.41, 5.74) is 3.08. The fraction of sp³-hybridized carbons (Fsp3) is 0.750. The van der Waals surface area contributed by atoms with Crippen LogP contribution in [0, 0.1) is 16.7 Å². The summed E-state index contributed by atoms with van der Waals surface area (Å²) >= 11 is 0. The molecule has 0 spiro atoms. The van der Waals surface area contributed by atoms with Crippen LogP contribution in [-0.2, 0) is 9.53 Å². The first-order chi connectivity index (χ1) is 11.2. The van der Waals surface area contributed by atoms with Crippen molar-refractivity contribution in [1.29, 1.82) is 0 Å². The van der Waals surface area contributed by atoms with Crippen LogP contribution in [0.4, 0.5) is 0 Å². The maximum Gasteiger partial charge on any atom is 0.334 e. The first kappa shape index (κ1) is 16.3. The van der Waals surface area contributed by atoms with Crippen molar-refractivity contribution in [3.8, 4) is 0 Å². The summed E-state index contributed by atoms with van der Waals surface area (Å²) in [5.74, 6) is 0.0849. The number of carbonyl (C=O) groups excluding carboxylic acids is 1. The van der Waals surface area contributed by atoms with Crippen LogP contribution >= 0.6 is 0 Å². The van der Waals surface area contributed by atoms with Gasteiger partial charge in [0.25, 0.3) is 0 Å². The van der Waals surface area contributed by atoms with Crippen LogP contribution < -0.4 is 0 Å². The lowest BCUT2D eigenvalue weighted by molar-refractivity contribution is -0.144. The van der Waals surface area contributed by atoms with E-state index in [0.717, 1.165) is 36.8 Å². The number of ether oxygens (including phenoxy) is 1. The van der Waals surface area contributed by atoms with Crippen LogP contribution in [0.15, 0.2) is 22.3 Å². The van der Waals surface area contributed by atoms with Gasteiger partial charge in [0, 0.05) is 11.1 Å². The van der Waals surface area contributed by atoms with Crippen molar-refractivity contribution < 1.29 is 19.7 Å². The molecule has 0 saturated heterocycles. The van der Waals surface area contributed by atoms with E-state index in [9.17, 15) is 15.0 Å². The van der Waals surface area contributed by atoms with E-state index in [2.05, 4.69) is 20.8 Å². The number of rotatable bonds is 0. The monoisotopic (exact) mass is 332 g/mol. The highest BCUT2D eigenvalue weighted by Crippen LogP contribution is 2.62. The quantitative estimate of drug-likeness (QED) is 0.529. The smallest absolute Gasteiger partial charge is 0.334 e. The maximum absolute atomic E-state index is 12.0. The number of aliphatic hydroxyl groups is 2. The molecule has 1 saturated carbocycles. The average molecular weight is 332 g/mol. The Hall–Kier alpha value is -1.13. The van der Waals surface area contributed by atoms with Crippen molar-refractivity contribution in [2.45, 2.75) is 78.1 Å². The molecule has 1 unspecified atom stereocenters. The Kier molecular flexibility index (Phi) is 3.37. The van der Waals surface area contributed by atoms with Crippen LogP contribution in [0.2, 0.25) is 0 Å². The Morgan fingerprint density at radius 3 is 2.58 bits per heavy atom. The van der Waals surface area contributed by atoms with Gasteiger partial charge < -0.3 is 14.9 Å². The Labute approximate surface area is 143 Å². The molecule has 132 valence electrons. The topological polar surface area (TPSA) is 66.8 Å². The fourth-order valence-corrected chi connectivity index (χ4v) is 6.30. The van der Waals surface area contributed by atoms with E-state index in [1.54, 1.807) is 6.92 Å². The van der Waals surface area contributed by atoms with Crippen molar-refractivity contribution >= 4 is 5.97 Å². The zero-order chi connectivity index (χ0) is 17.4. The zero-order valence-corrected chi connectivity index (χ0v) is 15.1. The van der Waals surface area contributed by atoms with E-state index < -0.39 is 24.3 Å². The van der Waals surface area contributed by atoms with E-state index in [1.165, 1.54) is 6.42 Å². The van der Waals surface area contributed by atoms with Gasteiger partial charge in [0.15, 0.2) is 6.10 Å². The SMILES string of the molecule is CC1=C2C(OC1=O)[C@H](O)C1=C(CC[C@@H]3C(C)(C)CCC[C@@]13C)[C@@H]2O. The molecule has 24 heavy (non-hydrogen) atoms. The van der Waals surface area contributed by atoms with Gasteiger partial charge in [0.2, 0.25) is 0 Å². The lowest BCUT2D eigenvalue weighted by Gasteiger charge is -2.57. The maximum atomic E-state index is 12.0. The molecule has 2 N–H and O–H groups in total. The van der Waals surface area contributed by atoms with E-state index in [1.807, 2.05) is 0 Å². The summed E-state index contributed by atoms with van der Waals surface area (Å²) in [5, 5.41) is 22.1. The van der Waals surface area contributed by atoms with Gasteiger partial charge in [-0.2, -0.15) is 0 Å². The largest absolute Gasteiger partial charge is 0.451 e. The summed E-state index contributed by atoms with van der Waals surface area (Å²) in [7, 11) is 0. The minimum atomic E-state index is -0.818. The van der Waals surface area contributed by atoms with E-state index in [-0.39, 0.29) is 10.8 Å². The van der Waals surface area contributed by atoms with Crippen LogP contribution in [0.3, 0.4) is 0 Å². The molecule has 3 aliphatic carbocycles. The second kappa shape index (κ2) is 4.95. The minimum Gasteiger partial charge on any atom is -0.451 e. The molecule has 0 bridgehead atoms. The molecule has 0 amide bonds. The highest BCUT2D eigenvalue weighted by molar-refractivity contribution is 5.92. The van der Waals surface area contributed by atoms with Crippen LogP contribution in [-0.4, -0.2) is 34.5 Å². The number of aliphatic hydroxyl groups excluding tert-OH is 2. The van der Waals surface area contributed by atoms with Crippen LogP contribution in [0.5, 0.6) is 0 Å². The number of carbonyl (C=O) groups is 1. The van der Waals surface area contributed by atoms with Crippen LogP contribution in [0.1, 0.15) is 59.8 Å².